The maximum Gasteiger partial charge on any atom is 0.225 e. The topological polar surface area (TPSA) is 78.9 Å². The quantitative estimate of drug-likeness (QED) is 0.333. The van der Waals surface area contributed by atoms with Crippen LogP contribution in [0.4, 0.5) is 4.39 Å². The van der Waals surface area contributed by atoms with E-state index >= 15 is 0 Å². The Bertz CT molecular complexity index is 892. The van der Waals surface area contributed by atoms with Crippen molar-refractivity contribution in [1.29, 1.82) is 0 Å². The van der Waals surface area contributed by atoms with Crippen molar-refractivity contribution >= 4 is 35.8 Å². The average Bonchev–Trinajstić information content (AvgIpc) is 3.20. The van der Waals surface area contributed by atoms with E-state index in [9.17, 15) is 9.18 Å². The zero-order valence-electron chi connectivity index (χ0n) is 18.0. The molecule has 168 valence electrons. The summed E-state index contributed by atoms with van der Waals surface area (Å²) < 4.78 is 18.8. The molecule has 9 heteroatoms. The second kappa shape index (κ2) is 11.8. The van der Waals surface area contributed by atoms with Gasteiger partial charge in [0, 0.05) is 57.0 Å². The second-order valence-electron chi connectivity index (χ2n) is 7.56. The number of carbonyl (C=O) groups excluding carboxylic acids is 1. The Morgan fingerprint density at radius 1 is 1.35 bits per heavy atom. The van der Waals surface area contributed by atoms with Gasteiger partial charge in [0.15, 0.2) is 5.96 Å². The summed E-state index contributed by atoms with van der Waals surface area (Å²) in [6, 6.07) is 9.75. The van der Waals surface area contributed by atoms with E-state index in [4.69, 9.17) is 4.74 Å². The molecule has 1 amide bonds. The van der Waals surface area contributed by atoms with Crippen LogP contribution in [0.25, 0.3) is 0 Å². The van der Waals surface area contributed by atoms with Crippen molar-refractivity contribution < 1.29 is 13.9 Å². The molecule has 1 aliphatic rings. The van der Waals surface area contributed by atoms with Crippen LogP contribution in [0.3, 0.4) is 0 Å². The standard InChI is InChI=1S/C22H28FN5O2.HI/c1-15(2)21(29)28-10-9-18(14-28)27-22(24-3)26-13-16-7-8-20(25-12-16)30-19-6-4-5-17(23)11-19;/h4-8,11-12,15,18H,9-10,13-14H2,1-3H3,(H2,24,26,27);1H. The number of halogens is 2. The molecule has 0 aliphatic carbocycles. The lowest BCUT2D eigenvalue weighted by Crippen LogP contribution is -2.45. The van der Waals surface area contributed by atoms with Gasteiger partial charge in [-0.15, -0.1) is 24.0 Å². The van der Waals surface area contributed by atoms with Crippen molar-refractivity contribution in [2.24, 2.45) is 10.9 Å². The molecule has 1 atom stereocenters. The molecule has 1 aromatic carbocycles. The zero-order valence-corrected chi connectivity index (χ0v) is 20.3. The Kier molecular flexibility index (Phi) is 9.47. The van der Waals surface area contributed by atoms with Gasteiger partial charge in [-0.2, -0.15) is 0 Å². The summed E-state index contributed by atoms with van der Waals surface area (Å²) in [5.41, 5.74) is 0.951. The molecule has 2 N–H and O–H groups in total. The molecule has 0 radical (unpaired) electrons. The van der Waals surface area contributed by atoms with Gasteiger partial charge < -0.3 is 20.3 Å². The van der Waals surface area contributed by atoms with Gasteiger partial charge in [-0.1, -0.05) is 26.0 Å². The number of likely N-dealkylation sites (tertiary alicyclic amines) is 1. The fraction of sp³-hybridized carbons (Fsp3) is 0.409. The molecule has 1 fully saturated rings. The molecule has 0 saturated carbocycles. The van der Waals surface area contributed by atoms with Crippen LogP contribution in [-0.4, -0.2) is 47.9 Å². The fourth-order valence-electron chi connectivity index (χ4n) is 3.24. The molecule has 31 heavy (non-hydrogen) atoms. The lowest BCUT2D eigenvalue weighted by molar-refractivity contribution is -0.133. The molecule has 1 aliphatic heterocycles. The van der Waals surface area contributed by atoms with Crippen LogP contribution in [0.2, 0.25) is 0 Å². The number of aromatic nitrogens is 1. The molecule has 1 unspecified atom stereocenters. The Morgan fingerprint density at radius 3 is 2.81 bits per heavy atom. The SMILES string of the molecule is CN=C(NCc1ccc(Oc2cccc(F)c2)nc1)NC1CCN(C(=O)C(C)C)C1.I. The largest absolute Gasteiger partial charge is 0.439 e. The van der Waals surface area contributed by atoms with Crippen LogP contribution in [0, 0.1) is 11.7 Å². The smallest absolute Gasteiger partial charge is 0.225 e. The number of carbonyl (C=O) groups is 1. The number of aliphatic imine (C=N–C) groups is 1. The van der Waals surface area contributed by atoms with Gasteiger partial charge in [0.1, 0.15) is 11.6 Å². The van der Waals surface area contributed by atoms with Crippen LogP contribution in [0.15, 0.2) is 47.6 Å². The molecule has 1 aromatic heterocycles. The minimum absolute atomic E-state index is 0. The number of hydrogen-bond acceptors (Lipinski definition) is 4. The van der Waals surface area contributed by atoms with Gasteiger partial charge in [0.2, 0.25) is 11.8 Å². The first kappa shape index (κ1) is 24.8. The van der Waals surface area contributed by atoms with Gasteiger partial charge in [-0.3, -0.25) is 9.79 Å². The summed E-state index contributed by atoms with van der Waals surface area (Å²) in [6.07, 6.45) is 2.60. The third kappa shape index (κ3) is 7.34. The lowest BCUT2D eigenvalue weighted by atomic mass is 10.2. The van der Waals surface area contributed by atoms with Crippen LogP contribution in [-0.2, 0) is 11.3 Å². The number of pyridine rings is 1. The van der Waals surface area contributed by atoms with E-state index in [1.165, 1.54) is 12.1 Å². The fourth-order valence-corrected chi connectivity index (χ4v) is 3.24. The zero-order chi connectivity index (χ0) is 21.5. The van der Waals surface area contributed by atoms with E-state index in [1.54, 1.807) is 31.4 Å². The van der Waals surface area contributed by atoms with Gasteiger partial charge in [-0.05, 0) is 24.1 Å². The first-order valence-electron chi connectivity index (χ1n) is 10.1. The van der Waals surface area contributed by atoms with E-state index in [-0.39, 0.29) is 47.7 Å². The summed E-state index contributed by atoms with van der Waals surface area (Å²) in [4.78, 5) is 22.6. The number of amides is 1. The number of nitrogens with zero attached hydrogens (tertiary/aromatic N) is 3. The number of benzene rings is 1. The molecule has 0 spiro atoms. The summed E-state index contributed by atoms with van der Waals surface area (Å²) >= 11 is 0. The minimum atomic E-state index is -0.355. The number of ether oxygens (including phenoxy) is 1. The van der Waals surface area contributed by atoms with Crippen LogP contribution < -0.4 is 15.4 Å². The molecular weight excluding hydrogens is 512 g/mol. The van der Waals surface area contributed by atoms with Crippen LogP contribution in [0.1, 0.15) is 25.8 Å². The molecule has 2 aromatic rings. The monoisotopic (exact) mass is 541 g/mol. The third-order valence-electron chi connectivity index (χ3n) is 4.83. The van der Waals surface area contributed by atoms with Crippen molar-refractivity contribution in [2.45, 2.75) is 32.9 Å². The highest BCUT2D eigenvalue weighted by Gasteiger charge is 2.27. The summed E-state index contributed by atoms with van der Waals surface area (Å²) in [5.74, 6) is 1.33. The number of rotatable bonds is 6. The van der Waals surface area contributed by atoms with Crippen molar-refractivity contribution in [2.75, 3.05) is 20.1 Å². The normalized spacial score (nSPS) is 16.1. The van der Waals surface area contributed by atoms with E-state index in [0.717, 1.165) is 18.5 Å². The van der Waals surface area contributed by atoms with Crippen molar-refractivity contribution in [3.8, 4) is 11.6 Å². The first-order valence-corrected chi connectivity index (χ1v) is 10.1. The predicted molar refractivity (Wildman–Crippen MR) is 129 cm³/mol. The Morgan fingerprint density at radius 2 is 2.16 bits per heavy atom. The van der Waals surface area contributed by atoms with Gasteiger partial charge >= 0.3 is 0 Å². The van der Waals surface area contributed by atoms with Crippen molar-refractivity contribution in [3.05, 3.63) is 54.0 Å². The molecule has 1 saturated heterocycles. The maximum absolute atomic E-state index is 13.2. The number of guanidine groups is 1. The molecule has 0 bridgehead atoms. The minimum Gasteiger partial charge on any atom is -0.439 e. The Labute approximate surface area is 199 Å². The summed E-state index contributed by atoms with van der Waals surface area (Å²) in [6.45, 7) is 5.83. The van der Waals surface area contributed by atoms with E-state index in [2.05, 4.69) is 20.6 Å². The van der Waals surface area contributed by atoms with E-state index < -0.39 is 0 Å². The summed E-state index contributed by atoms with van der Waals surface area (Å²) in [5, 5.41) is 6.63. The predicted octanol–water partition coefficient (Wildman–Crippen LogP) is 3.55. The highest BCUT2D eigenvalue weighted by Crippen LogP contribution is 2.20. The second-order valence-corrected chi connectivity index (χ2v) is 7.56. The maximum atomic E-state index is 13.2. The number of hydrogen-bond donors (Lipinski definition) is 2. The lowest BCUT2D eigenvalue weighted by Gasteiger charge is -2.20. The average molecular weight is 541 g/mol. The van der Waals surface area contributed by atoms with Crippen LogP contribution >= 0.6 is 24.0 Å². The Balaban J connectivity index is 0.00000341. The van der Waals surface area contributed by atoms with Crippen molar-refractivity contribution in [1.82, 2.24) is 20.5 Å². The Hall–Kier alpha value is -2.43. The molecular formula is C22H29FIN5O2. The van der Waals surface area contributed by atoms with Crippen molar-refractivity contribution in [3.63, 3.8) is 0 Å². The van der Waals surface area contributed by atoms with Gasteiger partial charge in [-0.25, -0.2) is 9.37 Å². The van der Waals surface area contributed by atoms with Gasteiger partial charge in [0.25, 0.3) is 0 Å². The summed E-state index contributed by atoms with van der Waals surface area (Å²) in [7, 11) is 1.72. The first-order chi connectivity index (χ1) is 14.4. The molecule has 7 nitrogen and oxygen atoms in total. The highest BCUT2D eigenvalue weighted by molar-refractivity contribution is 14.0. The third-order valence-corrected chi connectivity index (χ3v) is 4.83. The number of nitrogens with one attached hydrogen (secondary N) is 2. The van der Waals surface area contributed by atoms with Crippen LogP contribution in [0.5, 0.6) is 11.6 Å². The highest BCUT2D eigenvalue weighted by atomic mass is 127. The molecule has 2 heterocycles. The van der Waals surface area contributed by atoms with E-state index in [0.29, 0.717) is 30.7 Å². The van der Waals surface area contributed by atoms with Gasteiger partial charge in [0.05, 0.1) is 0 Å². The van der Waals surface area contributed by atoms with E-state index in [1.807, 2.05) is 24.8 Å². The molecule has 3 rings (SSSR count).